The third kappa shape index (κ3) is 2.43. The van der Waals surface area contributed by atoms with Crippen LogP contribution in [0.1, 0.15) is 30.9 Å². The fourth-order valence-electron chi connectivity index (χ4n) is 3.12. The van der Waals surface area contributed by atoms with Crippen LogP contribution in [0.5, 0.6) is 0 Å². The van der Waals surface area contributed by atoms with Gasteiger partial charge >= 0.3 is 5.97 Å². The Kier molecular flexibility index (Phi) is 4.31. The first kappa shape index (κ1) is 14.5. The Labute approximate surface area is 123 Å². The molecule has 1 aliphatic carbocycles. The molecule has 0 radical (unpaired) electrons. The molecule has 0 saturated heterocycles. The van der Waals surface area contributed by atoms with E-state index in [-0.39, 0.29) is 12.0 Å². The van der Waals surface area contributed by atoms with E-state index in [2.05, 4.69) is 26.9 Å². The van der Waals surface area contributed by atoms with Crippen LogP contribution >= 0.6 is 15.9 Å². The van der Waals surface area contributed by atoms with Crippen molar-refractivity contribution in [2.75, 3.05) is 21.2 Å². The van der Waals surface area contributed by atoms with Crippen LogP contribution in [0.4, 0.5) is 0 Å². The minimum Gasteiger partial charge on any atom is -0.469 e. The van der Waals surface area contributed by atoms with Gasteiger partial charge in [0, 0.05) is 4.47 Å². The smallest absolute Gasteiger partial charge is 0.313 e. The van der Waals surface area contributed by atoms with Gasteiger partial charge in [0.05, 0.1) is 18.6 Å². The molecule has 104 valence electrons. The van der Waals surface area contributed by atoms with E-state index in [0.29, 0.717) is 0 Å². The van der Waals surface area contributed by atoms with Crippen LogP contribution in [-0.4, -0.2) is 32.1 Å². The van der Waals surface area contributed by atoms with Crippen molar-refractivity contribution >= 4 is 21.9 Å². The highest BCUT2D eigenvalue weighted by molar-refractivity contribution is 9.10. The van der Waals surface area contributed by atoms with Crippen molar-refractivity contribution < 1.29 is 9.53 Å². The molecule has 0 aromatic heterocycles. The van der Waals surface area contributed by atoms with E-state index in [9.17, 15) is 4.79 Å². The SMILES string of the molecule is COC(=O)C1(C(c2ccccc2Br)N(C)C)CCC1. The third-order valence-electron chi connectivity index (χ3n) is 4.08. The van der Waals surface area contributed by atoms with Gasteiger partial charge in [-0.25, -0.2) is 0 Å². The van der Waals surface area contributed by atoms with Gasteiger partial charge in [-0.05, 0) is 38.6 Å². The molecule has 1 unspecified atom stereocenters. The molecule has 1 aromatic carbocycles. The van der Waals surface area contributed by atoms with Crippen LogP contribution in [0.3, 0.4) is 0 Å². The number of carbonyl (C=O) groups excluding carboxylic acids is 1. The number of nitrogens with zero attached hydrogens (tertiary/aromatic N) is 1. The molecule has 3 nitrogen and oxygen atoms in total. The average Bonchev–Trinajstić information content (AvgIpc) is 2.33. The Balaban J connectivity index is 2.46. The Morgan fingerprint density at radius 3 is 2.42 bits per heavy atom. The van der Waals surface area contributed by atoms with E-state index in [1.165, 1.54) is 7.11 Å². The van der Waals surface area contributed by atoms with Gasteiger partial charge in [-0.3, -0.25) is 4.79 Å². The van der Waals surface area contributed by atoms with Gasteiger partial charge in [-0.15, -0.1) is 0 Å². The first-order valence-electron chi connectivity index (χ1n) is 6.52. The van der Waals surface area contributed by atoms with Gasteiger partial charge in [0.1, 0.15) is 0 Å². The zero-order valence-electron chi connectivity index (χ0n) is 11.6. The molecule has 1 saturated carbocycles. The summed E-state index contributed by atoms with van der Waals surface area (Å²) in [4.78, 5) is 14.4. The first-order valence-corrected chi connectivity index (χ1v) is 7.31. The maximum absolute atomic E-state index is 12.3. The number of benzene rings is 1. The zero-order chi connectivity index (χ0) is 14.0. The summed E-state index contributed by atoms with van der Waals surface area (Å²) in [6.45, 7) is 0. The lowest BCUT2D eigenvalue weighted by Crippen LogP contribution is -2.49. The van der Waals surface area contributed by atoms with Crippen LogP contribution in [0.2, 0.25) is 0 Å². The highest BCUT2D eigenvalue weighted by atomic mass is 79.9. The van der Waals surface area contributed by atoms with Crippen LogP contribution in [0.15, 0.2) is 28.7 Å². The van der Waals surface area contributed by atoms with Crippen molar-refractivity contribution in [2.45, 2.75) is 25.3 Å². The minimum atomic E-state index is -0.401. The fourth-order valence-corrected chi connectivity index (χ4v) is 3.62. The van der Waals surface area contributed by atoms with Gasteiger partial charge in [0.15, 0.2) is 0 Å². The number of halogens is 1. The van der Waals surface area contributed by atoms with Crippen LogP contribution in [-0.2, 0) is 9.53 Å². The Hall–Kier alpha value is -0.870. The van der Waals surface area contributed by atoms with Gasteiger partial charge < -0.3 is 9.64 Å². The molecular weight excluding hydrogens is 306 g/mol. The summed E-state index contributed by atoms with van der Waals surface area (Å²) in [7, 11) is 5.52. The molecule has 1 atom stereocenters. The van der Waals surface area contributed by atoms with Gasteiger partial charge in [0.25, 0.3) is 0 Å². The standard InChI is InChI=1S/C15H20BrNO2/c1-17(2)13(11-7-4-5-8-12(11)16)15(9-6-10-15)14(18)19-3/h4-5,7-8,13H,6,9-10H2,1-3H3. The first-order chi connectivity index (χ1) is 9.03. The molecule has 0 amide bonds. The second-order valence-corrected chi connectivity index (χ2v) is 6.24. The normalized spacial score (nSPS) is 18.8. The summed E-state index contributed by atoms with van der Waals surface area (Å²) in [5.41, 5.74) is 0.750. The number of hydrogen-bond donors (Lipinski definition) is 0. The summed E-state index contributed by atoms with van der Waals surface area (Å²) in [6.07, 6.45) is 2.87. The van der Waals surface area contributed by atoms with Crippen molar-refractivity contribution in [1.82, 2.24) is 4.90 Å². The minimum absolute atomic E-state index is 0.0456. The summed E-state index contributed by atoms with van der Waals surface area (Å²) in [5, 5.41) is 0. The lowest BCUT2D eigenvalue weighted by Gasteiger charge is -2.48. The van der Waals surface area contributed by atoms with Crippen molar-refractivity contribution in [3.63, 3.8) is 0 Å². The van der Waals surface area contributed by atoms with Crippen LogP contribution in [0.25, 0.3) is 0 Å². The second-order valence-electron chi connectivity index (χ2n) is 5.39. The van der Waals surface area contributed by atoms with E-state index in [0.717, 1.165) is 29.3 Å². The van der Waals surface area contributed by atoms with Crippen LogP contribution in [0, 0.1) is 5.41 Å². The molecule has 0 N–H and O–H groups in total. The molecule has 1 aliphatic rings. The van der Waals surface area contributed by atoms with E-state index in [4.69, 9.17) is 4.74 Å². The number of esters is 1. The summed E-state index contributed by atoms with van der Waals surface area (Å²) in [5.74, 6) is -0.0896. The monoisotopic (exact) mass is 325 g/mol. The topological polar surface area (TPSA) is 29.5 Å². The molecule has 2 rings (SSSR count). The Bertz CT molecular complexity index is 469. The molecule has 1 fully saturated rings. The third-order valence-corrected chi connectivity index (χ3v) is 4.80. The molecule has 0 bridgehead atoms. The molecule has 0 spiro atoms. The molecule has 4 heteroatoms. The van der Waals surface area contributed by atoms with Crippen molar-refractivity contribution in [2.24, 2.45) is 5.41 Å². The predicted octanol–water partition coefficient (Wildman–Crippen LogP) is 3.40. The number of ether oxygens (including phenoxy) is 1. The number of methoxy groups -OCH3 is 1. The summed E-state index contributed by atoms with van der Waals surface area (Å²) >= 11 is 3.60. The van der Waals surface area contributed by atoms with Gasteiger partial charge in [0.2, 0.25) is 0 Å². The highest BCUT2D eigenvalue weighted by Gasteiger charge is 2.53. The summed E-state index contributed by atoms with van der Waals surface area (Å²) < 4.78 is 6.11. The number of carbonyl (C=O) groups is 1. The van der Waals surface area contributed by atoms with Crippen LogP contribution < -0.4 is 0 Å². The molecule has 0 aliphatic heterocycles. The molecular formula is C15H20BrNO2. The van der Waals surface area contributed by atoms with Crippen molar-refractivity contribution in [3.05, 3.63) is 34.3 Å². The van der Waals surface area contributed by atoms with E-state index in [1.807, 2.05) is 32.3 Å². The van der Waals surface area contributed by atoms with Gasteiger partial charge in [-0.1, -0.05) is 40.5 Å². The van der Waals surface area contributed by atoms with Gasteiger partial charge in [-0.2, -0.15) is 0 Å². The molecule has 0 heterocycles. The number of hydrogen-bond acceptors (Lipinski definition) is 3. The second kappa shape index (κ2) is 5.63. The number of rotatable bonds is 4. The zero-order valence-corrected chi connectivity index (χ0v) is 13.2. The average molecular weight is 326 g/mol. The van der Waals surface area contributed by atoms with E-state index in [1.54, 1.807) is 0 Å². The summed E-state index contributed by atoms with van der Waals surface area (Å²) in [6, 6.07) is 8.16. The van der Waals surface area contributed by atoms with E-state index < -0.39 is 5.41 Å². The largest absolute Gasteiger partial charge is 0.469 e. The van der Waals surface area contributed by atoms with Crippen molar-refractivity contribution in [1.29, 1.82) is 0 Å². The van der Waals surface area contributed by atoms with E-state index >= 15 is 0 Å². The maximum atomic E-state index is 12.3. The highest BCUT2D eigenvalue weighted by Crippen LogP contribution is 2.54. The Morgan fingerprint density at radius 2 is 2.00 bits per heavy atom. The quantitative estimate of drug-likeness (QED) is 0.795. The lowest BCUT2D eigenvalue weighted by atomic mass is 9.62. The molecule has 19 heavy (non-hydrogen) atoms. The van der Waals surface area contributed by atoms with Crippen molar-refractivity contribution in [3.8, 4) is 0 Å². The Morgan fingerprint density at radius 1 is 1.37 bits per heavy atom. The maximum Gasteiger partial charge on any atom is 0.313 e. The molecule has 1 aromatic rings. The lowest BCUT2D eigenvalue weighted by molar-refractivity contribution is -0.165. The fraction of sp³-hybridized carbons (Fsp3) is 0.533. The predicted molar refractivity (Wildman–Crippen MR) is 78.9 cm³/mol.